The van der Waals surface area contributed by atoms with Gasteiger partial charge in [-0.2, -0.15) is 0 Å². The molecule has 12 heteroatoms. The second-order valence-electron chi connectivity index (χ2n) is 8.49. The zero-order valence-corrected chi connectivity index (χ0v) is 25.1. The van der Waals surface area contributed by atoms with E-state index >= 15 is 0 Å². The predicted octanol–water partition coefficient (Wildman–Crippen LogP) is 8.15. The molecule has 2 aromatic rings. The minimum absolute atomic E-state index is 0.149. The molecule has 0 saturated carbocycles. The van der Waals surface area contributed by atoms with E-state index in [9.17, 15) is 18.4 Å². The van der Waals surface area contributed by atoms with Crippen LogP contribution in [0.5, 0.6) is 0 Å². The molecule has 0 radical (unpaired) electrons. The van der Waals surface area contributed by atoms with E-state index in [1.165, 1.54) is 48.1 Å². The van der Waals surface area contributed by atoms with E-state index in [2.05, 4.69) is 6.92 Å². The third-order valence-corrected chi connectivity index (χ3v) is 10.9. The lowest BCUT2D eigenvalue weighted by atomic mass is 10.1. The third kappa shape index (κ3) is 6.59. The second kappa shape index (κ2) is 12.6. The number of hydrogen-bond acceptors (Lipinski definition) is 8. The van der Waals surface area contributed by atoms with E-state index < -0.39 is 11.6 Å². The summed E-state index contributed by atoms with van der Waals surface area (Å²) in [6, 6.07) is 2.59. The molecule has 2 amide bonds. The molecule has 4 heterocycles. The highest BCUT2D eigenvalue weighted by molar-refractivity contribution is 8.27. The average Bonchev–Trinajstić information content (AvgIpc) is 3.54. The topological polar surface area (TPSA) is 40.6 Å². The lowest BCUT2D eigenvalue weighted by Gasteiger charge is -2.13. The fourth-order valence-electron chi connectivity index (χ4n) is 3.77. The largest absolute Gasteiger partial charge is 0.296 e. The monoisotopic (exact) mass is 614 g/mol. The molecule has 2 aliphatic rings. The van der Waals surface area contributed by atoms with Crippen molar-refractivity contribution in [3.8, 4) is 9.75 Å². The first kappa shape index (κ1) is 28.6. The minimum atomic E-state index is -0.569. The van der Waals surface area contributed by atoms with Crippen molar-refractivity contribution in [1.82, 2.24) is 9.80 Å². The van der Waals surface area contributed by atoms with Gasteiger partial charge < -0.3 is 0 Å². The summed E-state index contributed by atoms with van der Waals surface area (Å²) in [5.74, 6) is -1.55. The molecule has 4 nitrogen and oxygen atoms in total. The van der Waals surface area contributed by atoms with Crippen molar-refractivity contribution in [1.29, 1.82) is 0 Å². The summed E-state index contributed by atoms with van der Waals surface area (Å²) < 4.78 is 30.6. The van der Waals surface area contributed by atoms with Gasteiger partial charge in [0.1, 0.15) is 20.3 Å². The van der Waals surface area contributed by atoms with Crippen LogP contribution in [-0.2, 0) is 9.59 Å². The van der Waals surface area contributed by atoms with Crippen molar-refractivity contribution >= 4 is 103 Å². The lowest BCUT2D eigenvalue weighted by Crippen LogP contribution is -2.28. The summed E-state index contributed by atoms with van der Waals surface area (Å²) in [6.07, 6.45) is 9.90. The number of nitrogens with zero attached hydrogens (tertiary/aromatic N) is 2. The number of carbonyl (C=O) groups excluding carboxylic acids is 2. The van der Waals surface area contributed by atoms with Crippen molar-refractivity contribution in [3.05, 3.63) is 43.3 Å². The molecule has 2 fully saturated rings. The first-order valence-electron chi connectivity index (χ1n) is 11.8. The highest BCUT2D eigenvalue weighted by Crippen LogP contribution is 2.42. The number of likely N-dealkylation sites (N-methyl/N-ethyl adjacent to an activating group) is 1. The molecule has 2 aromatic heterocycles. The summed E-state index contributed by atoms with van der Waals surface area (Å²) in [5, 5.41) is 0. The van der Waals surface area contributed by atoms with E-state index in [1.807, 2.05) is 0 Å². The van der Waals surface area contributed by atoms with Crippen LogP contribution in [0.25, 0.3) is 21.9 Å². The fraction of sp³-hybridized carbons (Fsp3) is 0.360. The normalized spacial score (nSPS) is 18.5. The first-order chi connectivity index (χ1) is 17.7. The number of carbonyl (C=O) groups is 2. The van der Waals surface area contributed by atoms with Crippen LogP contribution in [0.1, 0.15) is 55.2 Å². The van der Waals surface area contributed by atoms with Gasteiger partial charge in [-0.1, -0.05) is 87.0 Å². The summed E-state index contributed by atoms with van der Waals surface area (Å²) in [7, 11) is 1.59. The Kier molecular flexibility index (Phi) is 9.73. The minimum Gasteiger partial charge on any atom is -0.296 e. The molecule has 0 atom stereocenters. The van der Waals surface area contributed by atoms with Crippen molar-refractivity contribution < 1.29 is 18.4 Å². The number of unbranched alkanes of at least 4 members (excludes halogenated alkanes) is 5. The maximum Gasteiger partial charge on any atom is 0.266 e. The molecule has 37 heavy (non-hydrogen) atoms. The van der Waals surface area contributed by atoms with E-state index in [0.29, 0.717) is 34.8 Å². The number of thioether (sulfide) groups is 2. The van der Waals surface area contributed by atoms with Crippen LogP contribution in [0.4, 0.5) is 8.78 Å². The molecule has 196 valence electrons. The quantitative estimate of drug-likeness (QED) is 0.153. The number of amides is 2. The Morgan fingerprint density at radius 3 is 1.86 bits per heavy atom. The Bertz CT molecular complexity index is 1310. The van der Waals surface area contributed by atoms with Crippen LogP contribution in [0.3, 0.4) is 0 Å². The van der Waals surface area contributed by atoms with Crippen LogP contribution in [0.15, 0.2) is 21.9 Å². The van der Waals surface area contributed by atoms with Gasteiger partial charge in [0, 0.05) is 23.3 Å². The predicted molar refractivity (Wildman–Crippen MR) is 162 cm³/mol. The van der Waals surface area contributed by atoms with Crippen LogP contribution in [0, 0.1) is 11.6 Å². The van der Waals surface area contributed by atoms with Gasteiger partial charge >= 0.3 is 0 Å². The Morgan fingerprint density at radius 2 is 1.32 bits per heavy atom. The molecular weight excluding hydrogens is 591 g/mol. The van der Waals surface area contributed by atoms with Gasteiger partial charge in [-0.25, -0.2) is 8.78 Å². The third-order valence-electron chi connectivity index (χ3n) is 5.76. The molecule has 0 bridgehead atoms. The molecule has 0 aliphatic carbocycles. The highest BCUT2D eigenvalue weighted by Gasteiger charge is 2.32. The fourth-order valence-corrected chi connectivity index (χ4v) is 8.48. The van der Waals surface area contributed by atoms with Crippen LogP contribution in [-0.4, -0.2) is 43.8 Å². The lowest BCUT2D eigenvalue weighted by molar-refractivity contribution is -0.122. The molecule has 4 rings (SSSR count). The van der Waals surface area contributed by atoms with Gasteiger partial charge in [-0.15, -0.1) is 22.7 Å². The average molecular weight is 615 g/mol. The Labute approximate surface area is 242 Å². The van der Waals surface area contributed by atoms with Crippen LogP contribution < -0.4 is 0 Å². The Hall–Kier alpha value is -1.44. The Morgan fingerprint density at radius 1 is 0.811 bits per heavy atom. The zero-order valence-electron chi connectivity index (χ0n) is 20.2. The number of thiocarbonyl (C=S) groups is 2. The SMILES string of the molecule is CCCCCCCCN1C(=O)/C(=C/c2cc(F)c(-c3sc(/C=C4\SC(=S)N(C)C4=O)cc3F)s2)SC1=S. The van der Waals surface area contributed by atoms with E-state index in [4.69, 9.17) is 24.4 Å². The number of halogens is 2. The van der Waals surface area contributed by atoms with E-state index in [-0.39, 0.29) is 21.6 Å². The first-order valence-corrected chi connectivity index (χ1v) is 15.8. The maximum absolute atomic E-state index is 14.9. The molecule has 0 aromatic carbocycles. The molecule has 0 unspecified atom stereocenters. The molecule has 0 N–H and O–H groups in total. The van der Waals surface area contributed by atoms with Gasteiger partial charge in [-0.05, 0) is 30.7 Å². The van der Waals surface area contributed by atoms with Gasteiger partial charge in [0.2, 0.25) is 0 Å². The van der Waals surface area contributed by atoms with Gasteiger partial charge in [0.05, 0.1) is 19.6 Å². The molecule has 0 spiro atoms. The second-order valence-corrected chi connectivity index (χ2v) is 14.0. The van der Waals surface area contributed by atoms with E-state index in [1.54, 1.807) is 24.1 Å². The van der Waals surface area contributed by atoms with Crippen molar-refractivity contribution in [2.24, 2.45) is 0 Å². The van der Waals surface area contributed by atoms with Gasteiger partial charge in [0.25, 0.3) is 11.8 Å². The summed E-state index contributed by atoms with van der Waals surface area (Å²) in [6.45, 7) is 2.76. The summed E-state index contributed by atoms with van der Waals surface area (Å²) in [4.78, 5) is 30.3. The van der Waals surface area contributed by atoms with Gasteiger partial charge in [0.15, 0.2) is 0 Å². The van der Waals surface area contributed by atoms with E-state index in [0.717, 1.165) is 53.7 Å². The zero-order chi connectivity index (χ0) is 26.7. The smallest absolute Gasteiger partial charge is 0.266 e. The maximum atomic E-state index is 14.9. The Balaban J connectivity index is 1.47. The molecular formula is C25H24F2N2O2S6. The number of thiophene rings is 2. The van der Waals surface area contributed by atoms with Gasteiger partial charge in [-0.3, -0.25) is 19.4 Å². The summed E-state index contributed by atoms with van der Waals surface area (Å²) >= 11 is 15.0. The van der Waals surface area contributed by atoms with Crippen molar-refractivity contribution in [3.63, 3.8) is 0 Å². The summed E-state index contributed by atoms with van der Waals surface area (Å²) in [5.41, 5.74) is 0. The van der Waals surface area contributed by atoms with Crippen LogP contribution >= 0.6 is 70.6 Å². The highest BCUT2D eigenvalue weighted by atomic mass is 32.2. The standard InChI is InChI=1S/C25H24F2N2O2S6/c1-3-4-5-6-7-8-9-29-23(31)19(37-25(29)33)13-15-11-17(27)21(35-15)20-16(26)10-14(34-20)12-18-22(30)28(2)24(32)36-18/h10-13H,3-9H2,1-2H3/b18-12-,19-13-. The molecule has 2 saturated heterocycles. The van der Waals surface area contributed by atoms with Crippen molar-refractivity contribution in [2.45, 2.75) is 45.4 Å². The number of rotatable bonds is 10. The number of hydrogen-bond donors (Lipinski definition) is 0. The molecule has 2 aliphatic heterocycles. The van der Waals surface area contributed by atoms with Crippen LogP contribution in [0.2, 0.25) is 0 Å². The van der Waals surface area contributed by atoms with Crippen molar-refractivity contribution in [2.75, 3.05) is 13.6 Å².